The molecule has 8 heteroatoms. The quantitative estimate of drug-likeness (QED) is 0.398. The molecule has 0 radical (unpaired) electrons. The van der Waals surface area contributed by atoms with Crippen LogP contribution < -0.4 is 0 Å². The van der Waals surface area contributed by atoms with Gasteiger partial charge in [0.25, 0.3) is 11.1 Å². The van der Waals surface area contributed by atoms with Gasteiger partial charge in [-0.15, -0.1) is 21.5 Å². The molecular weight excluding hydrogens is 368 g/mol. The molecule has 1 N–H and O–H groups in total. The van der Waals surface area contributed by atoms with Crippen molar-refractivity contribution in [3.8, 4) is 10.8 Å². The van der Waals surface area contributed by atoms with E-state index in [1.54, 1.807) is 6.20 Å². The lowest BCUT2D eigenvalue weighted by Crippen LogP contribution is -2.13. The van der Waals surface area contributed by atoms with E-state index in [4.69, 9.17) is 4.42 Å². The van der Waals surface area contributed by atoms with Gasteiger partial charge in [0.2, 0.25) is 0 Å². The van der Waals surface area contributed by atoms with Gasteiger partial charge in [-0.25, -0.2) is 4.98 Å². The molecule has 1 aromatic carbocycles. The van der Waals surface area contributed by atoms with Crippen LogP contribution in [0.1, 0.15) is 28.0 Å². The van der Waals surface area contributed by atoms with Crippen LogP contribution in [0.25, 0.3) is 21.7 Å². The molecule has 3 heterocycles. The van der Waals surface area contributed by atoms with Gasteiger partial charge >= 0.3 is 0 Å². The number of ketones is 1. The van der Waals surface area contributed by atoms with Crippen molar-refractivity contribution in [3.63, 3.8) is 0 Å². The smallest absolute Gasteiger partial charge is 0.277 e. The largest absolute Gasteiger partial charge is 0.410 e. The summed E-state index contributed by atoms with van der Waals surface area (Å²) in [7, 11) is 0. The lowest BCUT2D eigenvalue weighted by Gasteiger charge is -2.06. The van der Waals surface area contributed by atoms with Crippen LogP contribution in [0.5, 0.6) is 0 Å². The first-order valence-electron chi connectivity index (χ1n) is 8.08. The third-order valence-corrected chi connectivity index (χ3v) is 6.00. The molecule has 0 amide bonds. The first kappa shape index (κ1) is 17.0. The standard InChI is InChI=1S/C18H16N4O2S2/c1-9-16(26-11(3)20-9)17-21-22-18(24-17)25-10(2)15(23)13-8-19-14-7-5-4-6-12(13)14/h4-8,10,19H,1-3H3. The number of benzene rings is 1. The number of Topliss-reactive ketones (excluding diaryl/α,β-unsaturated/α-hetero) is 1. The highest BCUT2D eigenvalue weighted by Gasteiger charge is 2.23. The maximum absolute atomic E-state index is 12.8. The number of aromatic amines is 1. The Morgan fingerprint density at radius 2 is 2.08 bits per heavy atom. The summed E-state index contributed by atoms with van der Waals surface area (Å²) in [5.74, 6) is 0.472. The molecule has 0 aliphatic heterocycles. The second-order valence-electron chi connectivity index (χ2n) is 5.89. The number of nitrogens with one attached hydrogen (secondary N) is 1. The zero-order chi connectivity index (χ0) is 18.3. The van der Waals surface area contributed by atoms with Crippen molar-refractivity contribution >= 4 is 39.8 Å². The molecule has 4 rings (SSSR count). The number of aryl methyl sites for hydroxylation is 2. The summed E-state index contributed by atoms with van der Waals surface area (Å²) in [4.78, 5) is 21.2. The molecule has 132 valence electrons. The van der Waals surface area contributed by atoms with E-state index in [1.807, 2.05) is 45.0 Å². The Bertz CT molecular complexity index is 1100. The SMILES string of the molecule is Cc1nc(C)c(-c2nnc(SC(C)C(=O)c3c[nH]c4ccccc34)o2)s1. The second kappa shape index (κ2) is 6.69. The molecule has 1 unspecified atom stereocenters. The molecule has 0 saturated carbocycles. The molecule has 1 atom stereocenters. The number of carbonyl (C=O) groups is 1. The highest BCUT2D eigenvalue weighted by Crippen LogP contribution is 2.32. The Morgan fingerprint density at radius 3 is 2.85 bits per heavy atom. The predicted octanol–water partition coefficient (Wildman–Crippen LogP) is 4.65. The van der Waals surface area contributed by atoms with Gasteiger partial charge in [-0.2, -0.15) is 0 Å². The number of aromatic nitrogens is 4. The molecule has 4 aromatic rings. The van der Waals surface area contributed by atoms with Gasteiger partial charge in [-0.3, -0.25) is 4.79 Å². The van der Waals surface area contributed by atoms with Gasteiger partial charge in [0, 0.05) is 22.7 Å². The molecule has 0 aliphatic carbocycles. The Balaban J connectivity index is 1.54. The number of hydrogen-bond acceptors (Lipinski definition) is 7. The van der Waals surface area contributed by atoms with Crippen molar-refractivity contribution < 1.29 is 9.21 Å². The topological polar surface area (TPSA) is 84.7 Å². The summed E-state index contributed by atoms with van der Waals surface area (Å²) in [6.45, 7) is 5.70. The maximum Gasteiger partial charge on any atom is 0.277 e. The van der Waals surface area contributed by atoms with Crippen molar-refractivity contribution in [2.24, 2.45) is 0 Å². The Morgan fingerprint density at radius 1 is 1.27 bits per heavy atom. The normalized spacial score (nSPS) is 12.6. The monoisotopic (exact) mass is 384 g/mol. The average molecular weight is 384 g/mol. The number of rotatable bonds is 5. The van der Waals surface area contributed by atoms with Crippen molar-refractivity contribution in [2.45, 2.75) is 31.2 Å². The van der Waals surface area contributed by atoms with Gasteiger partial charge in [-0.1, -0.05) is 30.0 Å². The Kier molecular flexibility index (Phi) is 4.37. The lowest BCUT2D eigenvalue weighted by molar-refractivity contribution is 0.0995. The number of thiazole rings is 1. The van der Waals surface area contributed by atoms with Gasteiger partial charge in [-0.05, 0) is 26.8 Å². The van der Waals surface area contributed by atoms with Crippen molar-refractivity contribution in [2.75, 3.05) is 0 Å². The first-order chi connectivity index (χ1) is 12.5. The molecule has 0 bridgehead atoms. The minimum absolute atomic E-state index is 0.0250. The summed E-state index contributed by atoms with van der Waals surface area (Å²) >= 11 is 2.78. The van der Waals surface area contributed by atoms with Crippen LogP contribution in [0.4, 0.5) is 0 Å². The number of nitrogens with zero attached hydrogens (tertiary/aromatic N) is 3. The van der Waals surface area contributed by atoms with Crippen LogP contribution in [0.3, 0.4) is 0 Å². The van der Waals surface area contributed by atoms with E-state index in [1.165, 1.54) is 23.1 Å². The third kappa shape index (κ3) is 3.06. The molecule has 26 heavy (non-hydrogen) atoms. The van der Waals surface area contributed by atoms with Gasteiger partial charge in [0.1, 0.15) is 4.88 Å². The summed E-state index contributed by atoms with van der Waals surface area (Å²) in [6.07, 6.45) is 1.76. The number of thioether (sulfide) groups is 1. The Hall–Kier alpha value is -2.45. The van der Waals surface area contributed by atoms with Crippen LogP contribution in [0.2, 0.25) is 0 Å². The van der Waals surface area contributed by atoms with Gasteiger partial charge in [0.15, 0.2) is 5.78 Å². The fourth-order valence-electron chi connectivity index (χ4n) is 2.78. The van der Waals surface area contributed by atoms with Crippen LogP contribution in [-0.4, -0.2) is 31.2 Å². The number of carbonyl (C=O) groups excluding carboxylic acids is 1. The van der Waals surface area contributed by atoms with E-state index in [2.05, 4.69) is 20.2 Å². The maximum atomic E-state index is 12.8. The predicted molar refractivity (Wildman–Crippen MR) is 103 cm³/mol. The first-order valence-corrected chi connectivity index (χ1v) is 9.77. The summed E-state index contributed by atoms with van der Waals surface area (Å²) < 4.78 is 5.74. The van der Waals surface area contributed by atoms with E-state index >= 15 is 0 Å². The summed E-state index contributed by atoms with van der Waals surface area (Å²) in [6, 6.07) is 7.76. The van der Waals surface area contributed by atoms with Crippen molar-refractivity contribution in [1.82, 2.24) is 20.2 Å². The van der Waals surface area contributed by atoms with E-state index in [9.17, 15) is 4.79 Å². The Labute approximate surface area is 158 Å². The van der Waals surface area contributed by atoms with Crippen LogP contribution in [0.15, 0.2) is 40.1 Å². The fraction of sp³-hybridized carbons (Fsp3) is 0.222. The molecule has 0 aliphatic rings. The fourth-order valence-corrected chi connectivity index (χ4v) is 4.37. The molecule has 0 fully saturated rings. The number of para-hydroxylation sites is 1. The molecule has 3 aromatic heterocycles. The third-order valence-electron chi connectivity index (χ3n) is 4.01. The van der Waals surface area contributed by atoms with Gasteiger partial charge < -0.3 is 9.40 Å². The lowest BCUT2D eigenvalue weighted by atomic mass is 10.1. The highest BCUT2D eigenvalue weighted by atomic mass is 32.2. The molecule has 0 saturated heterocycles. The summed E-state index contributed by atoms with van der Waals surface area (Å²) in [5.41, 5.74) is 2.49. The van der Waals surface area contributed by atoms with E-state index in [-0.39, 0.29) is 11.0 Å². The van der Waals surface area contributed by atoms with Crippen LogP contribution in [-0.2, 0) is 0 Å². The molecule has 6 nitrogen and oxygen atoms in total. The zero-order valence-corrected chi connectivity index (χ0v) is 16.1. The van der Waals surface area contributed by atoms with E-state index < -0.39 is 0 Å². The minimum atomic E-state index is -0.341. The molecular formula is C18H16N4O2S2. The minimum Gasteiger partial charge on any atom is -0.410 e. The van der Waals surface area contributed by atoms with Crippen molar-refractivity contribution in [3.05, 3.63) is 46.7 Å². The number of H-pyrrole nitrogens is 1. The van der Waals surface area contributed by atoms with Gasteiger partial charge in [0.05, 0.1) is 16.0 Å². The average Bonchev–Trinajstić information content (AvgIpc) is 3.32. The van der Waals surface area contributed by atoms with Crippen LogP contribution >= 0.6 is 23.1 Å². The zero-order valence-electron chi connectivity index (χ0n) is 14.4. The molecule has 0 spiro atoms. The van der Waals surface area contributed by atoms with Crippen LogP contribution in [0, 0.1) is 13.8 Å². The van der Waals surface area contributed by atoms with E-state index in [0.29, 0.717) is 16.7 Å². The van der Waals surface area contributed by atoms with E-state index in [0.717, 1.165) is 26.5 Å². The van der Waals surface area contributed by atoms with Crippen molar-refractivity contribution in [1.29, 1.82) is 0 Å². The summed E-state index contributed by atoms with van der Waals surface area (Å²) in [5, 5.41) is 10.1. The number of fused-ring (bicyclic) bond motifs is 1. The number of hydrogen-bond donors (Lipinski definition) is 1. The second-order valence-corrected chi connectivity index (χ2v) is 8.39. The highest BCUT2D eigenvalue weighted by molar-refractivity contribution is 8.00.